The van der Waals surface area contributed by atoms with Crippen molar-refractivity contribution in [2.45, 2.75) is 20.0 Å². The fourth-order valence-corrected chi connectivity index (χ4v) is 2.83. The Morgan fingerprint density at radius 1 is 1.20 bits per heavy atom. The van der Waals surface area contributed by atoms with Crippen molar-refractivity contribution in [1.82, 2.24) is 14.3 Å². The minimum absolute atomic E-state index is 0.314. The molecule has 3 aromatic rings. The van der Waals surface area contributed by atoms with Crippen molar-refractivity contribution in [3.63, 3.8) is 0 Å². The zero-order chi connectivity index (χ0) is 17.8. The van der Waals surface area contributed by atoms with Crippen molar-refractivity contribution < 1.29 is 9.53 Å². The van der Waals surface area contributed by atoms with Gasteiger partial charge in [-0.25, -0.2) is 9.78 Å². The third kappa shape index (κ3) is 3.80. The first-order valence-electron chi connectivity index (χ1n) is 8.24. The van der Waals surface area contributed by atoms with Crippen molar-refractivity contribution in [1.29, 1.82) is 0 Å². The Morgan fingerprint density at radius 3 is 2.68 bits per heavy atom. The van der Waals surface area contributed by atoms with Gasteiger partial charge in [0.25, 0.3) is 0 Å². The number of esters is 1. The van der Waals surface area contributed by atoms with Crippen molar-refractivity contribution >= 4 is 17.3 Å². The molecule has 0 unspecified atom stereocenters. The SMILES string of the molecule is CCOC(=O)c1nc2ccc(N)cn2c1CN(C)Cc1ccccc1. The summed E-state index contributed by atoms with van der Waals surface area (Å²) >= 11 is 0. The molecule has 0 atom stereocenters. The number of hydrogen-bond acceptors (Lipinski definition) is 5. The lowest BCUT2D eigenvalue weighted by Gasteiger charge is -2.17. The quantitative estimate of drug-likeness (QED) is 0.700. The molecule has 0 amide bonds. The molecule has 0 bridgehead atoms. The molecule has 1 aromatic carbocycles. The van der Waals surface area contributed by atoms with Crippen LogP contribution in [0.25, 0.3) is 5.65 Å². The maximum atomic E-state index is 12.3. The molecule has 0 aliphatic heterocycles. The monoisotopic (exact) mass is 338 g/mol. The number of pyridine rings is 1. The maximum absolute atomic E-state index is 12.3. The van der Waals surface area contributed by atoms with Crippen LogP contribution in [0.4, 0.5) is 5.69 Å². The molecule has 2 N–H and O–H groups in total. The molecule has 0 fully saturated rings. The summed E-state index contributed by atoms with van der Waals surface area (Å²) in [4.78, 5) is 18.9. The van der Waals surface area contributed by atoms with E-state index in [9.17, 15) is 4.79 Å². The third-order valence-corrected chi connectivity index (χ3v) is 3.92. The summed E-state index contributed by atoms with van der Waals surface area (Å²) in [6.45, 7) is 3.41. The lowest BCUT2D eigenvalue weighted by molar-refractivity contribution is 0.0517. The molecule has 3 rings (SSSR count). The molecule has 0 spiro atoms. The summed E-state index contributed by atoms with van der Waals surface area (Å²) in [5.74, 6) is -0.409. The molecular formula is C19H22N4O2. The van der Waals surface area contributed by atoms with Crippen molar-refractivity contribution in [3.8, 4) is 0 Å². The maximum Gasteiger partial charge on any atom is 0.358 e. The fraction of sp³-hybridized carbons (Fsp3) is 0.263. The van der Waals surface area contributed by atoms with Gasteiger partial charge in [-0.15, -0.1) is 0 Å². The standard InChI is InChI=1S/C19H22N4O2/c1-3-25-19(24)18-16(23-12-15(20)9-10-17(23)21-18)13-22(2)11-14-7-5-4-6-8-14/h4-10,12H,3,11,13,20H2,1-2H3. The molecule has 2 heterocycles. The Hall–Kier alpha value is -2.86. The Morgan fingerprint density at radius 2 is 1.96 bits per heavy atom. The second kappa shape index (κ2) is 7.36. The zero-order valence-electron chi connectivity index (χ0n) is 14.5. The molecule has 6 heteroatoms. The van der Waals surface area contributed by atoms with Gasteiger partial charge in [-0.2, -0.15) is 0 Å². The van der Waals surface area contributed by atoms with E-state index in [2.05, 4.69) is 22.0 Å². The van der Waals surface area contributed by atoms with Gasteiger partial charge >= 0.3 is 5.97 Å². The molecule has 0 aliphatic carbocycles. The molecule has 6 nitrogen and oxygen atoms in total. The summed E-state index contributed by atoms with van der Waals surface area (Å²) in [7, 11) is 2.01. The fourth-order valence-electron chi connectivity index (χ4n) is 2.83. The van der Waals surface area contributed by atoms with Crippen LogP contribution < -0.4 is 5.73 Å². The van der Waals surface area contributed by atoms with Gasteiger partial charge in [0, 0.05) is 25.0 Å². The van der Waals surface area contributed by atoms with E-state index in [0.29, 0.717) is 30.2 Å². The van der Waals surface area contributed by atoms with Gasteiger partial charge in [-0.05, 0) is 31.7 Å². The molecular weight excluding hydrogens is 316 g/mol. The largest absolute Gasteiger partial charge is 0.461 e. The van der Waals surface area contributed by atoms with E-state index in [4.69, 9.17) is 10.5 Å². The summed E-state index contributed by atoms with van der Waals surface area (Å²) in [6, 6.07) is 13.8. The average Bonchev–Trinajstić information content (AvgIpc) is 2.94. The minimum atomic E-state index is -0.409. The summed E-state index contributed by atoms with van der Waals surface area (Å²) < 4.78 is 7.03. The number of anilines is 1. The summed E-state index contributed by atoms with van der Waals surface area (Å²) in [5, 5.41) is 0. The van der Waals surface area contributed by atoms with Crippen LogP contribution >= 0.6 is 0 Å². The van der Waals surface area contributed by atoms with Gasteiger partial charge in [0.05, 0.1) is 12.3 Å². The van der Waals surface area contributed by atoms with Gasteiger partial charge in [0.2, 0.25) is 0 Å². The van der Waals surface area contributed by atoms with Crippen LogP contribution in [0.5, 0.6) is 0 Å². The predicted octanol–water partition coefficient (Wildman–Crippen LogP) is 2.73. The smallest absolute Gasteiger partial charge is 0.358 e. The first kappa shape index (κ1) is 17.0. The van der Waals surface area contributed by atoms with Crippen molar-refractivity contribution in [2.24, 2.45) is 0 Å². The molecule has 0 radical (unpaired) electrons. The highest BCUT2D eigenvalue weighted by atomic mass is 16.5. The Kier molecular flexibility index (Phi) is 5.00. The van der Waals surface area contributed by atoms with E-state index in [0.717, 1.165) is 12.2 Å². The van der Waals surface area contributed by atoms with Gasteiger partial charge in [0.15, 0.2) is 5.69 Å². The number of nitrogen functional groups attached to an aromatic ring is 1. The van der Waals surface area contributed by atoms with E-state index in [1.54, 1.807) is 25.3 Å². The van der Waals surface area contributed by atoms with E-state index in [-0.39, 0.29) is 0 Å². The number of nitrogens with zero attached hydrogens (tertiary/aromatic N) is 3. The third-order valence-electron chi connectivity index (χ3n) is 3.92. The van der Waals surface area contributed by atoms with Gasteiger partial charge < -0.3 is 10.5 Å². The van der Waals surface area contributed by atoms with Crippen LogP contribution in [0, 0.1) is 0 Å². The van der Waals surface area contributed by atoms with Crippen LogP contribution in [0.2, 0.25) is 0 Å². The zero-order valence-corrected chi connectivity index (χ0v) is 14.5. The van der Waals surface area contributed by atoms with Crippen LogP contribution in [0.3, 0.4) is 0 Å². The topological polar surface area (TPSA) is 72.9 Å². The van der Waals surface area contributed by atoms with Crippen LogP contribution in [-0.2, 0) is 17.8 Å². The highest BCUT2D eigenvalue weighted by Crippen LogP contribution is 2.18. The average molecular weight is 338 g/mol. The summed E-state index contributed by atoms with van der Waals surface area (Å²) in [5.41, 5.74) is 9.53. The number of rotatable bonds is 6. The molecule has 130 valence electrons. The molecule has 2 aromatic heterocycles. The number of benzene rings is 1. The second-order valence-electron chi connectivity index (χ2n) is 5.98. The van der Waals surface area contributed by atoms with E-state index < -0.39 is 5.97 Å². The molecule has 0 aliphatic rings. The lowest BCUT2D eigenvalue weighted by Crippen LogP contribution is -2.20. The first-order chi connectivity index (χ1) is 12.1. The number of imidazole rings is 1. The predicted molar refractivity (Wildman–Crippen MR) is 97.2 cm³/mol. The van der Waals surface area contributed by atoms with E-state index >= 15 is 0 Å². The van der Waals surface area contributed by atoms with Crippen LogP contribution in [0.15, 0.2) is 48.7 Å². The highest BCUT2D eigenvalue weighted by molar-refractivity contribution is 5.89. The van der Waals surface area contributed by atoms with E-state index in [1.807, 2.05) is 29.6 Å². The van der Waals surface area contributed by atoms with Gasteiger partial charge in [-0.3, -0.25) is 9.30 Å². The first-order valence-corrected chi connectivity index (χ1v) is 8.24. The normalized spacial score (nSPS) is 11.2. The number of fused-ring (bicyclic) bond motifs is 1. The number of ether oxygens (including phenoxy) is 1. The van der Waals surface area contributed by atoms with Crippen LogP contribution in [0.1, 0.15) is 28.7 Å². The van der Waals surface area contributed by atoms with E-state index in [1.165, 1.54) is 5.56 Å². The number of aromatic nitrogens is 2. The Bertz CT molecular complexity index is 874. The number of nitrogens with two attached hydrogens (primary N) is 1. The molecule has 0 saturated carbocycles. The Labute approximate surface area is 146 Å². The van der Waals surface area contributed by atoms with Crippen molar-refractivity contribution in [3.05, 3.63) is 65.6 Å². The number of hydrogen-bond donors (Lipinski definition) is 1. The van der Waals surface area contributed by atoms with Crippen LogP contribution in [-0.4, -0.2) is 33.9 Å². The highest BCUT2D eigenvalue weighted by Gasteiger charge is 2.21. The van der Waals surface area contributed by atoms with Gasteiger partial charge in [0.1, 0.15) is 5.65 Å². The lowest BCUT2D eigenvalue weighted by atomic mass is 10.2. The number of carbonyl (C=O) groups excluding carboxylic acids is 1. The number of carbonyl (C=O) groups is 1. The Balaban J connectivity index is 1.93. The molecule has 0 saturated heterocycles. The second-order valence-corrected chi connectivity index (χ2v) is 5.98. The van der Waals surface area contributed by atoms with Gasteiger partial charge in [-0.1, -0.05) is 30.3 Å². The molecule has 25 heavy (non-hydrogen) atoms. The van der Waals surface area contributed by atoms with Crippen molar-refractivity contribution in [2.75, 3.05) is 19.4 Å². The summed E-state index contributed by atoms with van der Waals surface area (Å²) in [6.07, 6.45) is 1.79. The minimum Gasteiger partial charge on any atom is -0.461 e.